The second-order valence-corrected chi connectivity index (χ2v) is 4.68. The van der Waals surface area contributed by atoms with E-state index in [0.29, 0.717) is 0 Å². The smallest absolute Gasteiger partial charge is 0.248 e. The number of amides is 1. The van der Waals surface area contributed by atoms with Crippen molar-refractivity contribution >= 4 is 29.0 Å². The van der Waals surface area contributed by atoms with Crippen LogP contribution in [0.15, 0.2) is 47.9 Å². The number of nitrogens with one attached hydrogen (secondary N) is 1. The first-order valence-corrected chi connectivity index (χ1v) is 6.21. The van der Waals surface area contributed by atoms with E-state index in [9.17, 15) is 4.79 Å². The molecule has 0 aliphatic heterocycles. The van der Waals surface area contributed by atoms with Crippen LogP contribution in [0.4, 0.5) is 5.69 Å². The van der Waals surface area contributed by atoms with Crippen LogP contribution in [0.25, 0.3) is 6.08 Å². The summed E-state index contributed by atoms with van der Waals surface area (Å²) < 4.78 is 0. The minimum absolute atomic E-state index is 0.109. The van der Waals surface area contributed by atoms with Crippen molar-refractivity contribution in [1.29, 1.82) is 0 Å². The van der Waals surface area contributed by atoms with Gasteiger partial charge in [-0.25, -0.2) is 0 Å². The van der Waals surface area contributed by atoms with E-state index in [1.807, 2.05) is 54.8 Å². The number of rotatable bonds is 3. The molecule has 3 heteroatoms. The fourth-order valence-electron chi connectivity index (χ4n) is 1.36. The molecule has 2 aromatic rings. The molecule has 1 aromatic carbocycles. The van der Waals surface area contributed by atoms with Crippen molar-refractivity contribution in [1.82, 2.24) is 0 Å². The zero-order valence-electron chi connectivity index (χ0n) is 9.51. The van der Waals surface area contributed by atoms with Gasteiger partial charge < -0.3 is 5.32 Å². The number of carbonyl (C=O) groups is 1. The summed E-state index contributed by atoms with van der Waals surface area (Å²) in [5.41, 5.74) is 1.99. The Bertz CT molecular complexity index is 512. The van der Waals surface area contributed by atoms with Crippen molar-refractivity contribution < 1.29 is 4.79 Å². The van der Waals surface area contributed by atoms with Crippen molar-refractivity contribution in [2.24, 2.45) is 0 Å². The Kier molecular flexibility index (Phi) is 3.73. The highest BCUT2D eigenvalue weighted by Gasteiger charge is 1.97. The van der Waals surface area contributed by atoms with E-state index in [-0.39, 0.29) is 5.91 Å². The molecule has 2 nitrogen and oxygen atoms in total. The van der Waals surface area contributed by atoms with Gasteiger partial charge in [-0.15, -0.1) is 11.3 Å². The van der Waals surface area contributed by atoms with E-state index < -0.39 is 0 Å². The number of aryl methyl sites for hydroxylation is 1. The van der Waals surface area contributed by atoms with Crippen molar-refractivity contribution in [2.45, 2.75) is 6.92 Å². The number of benzene rings is 1. The van der Waals surface area contributed by atoms with Crippen LogP contribution in [-0.4, -0.2) is 5.91 Å². The van der Waals surface area contributed by atoms with Crippen LogP contribution in [0.1, 0.15) is 10.4 Å². The monoisotopic (exact) mass is 243 g/mol. The first kappa shape index (κ1) is 11.6. The van der Waals surface area contributed by atoms with E-state index >= 15 is 0 Å². The van der Waals surface area contributed by atoms with Gasteiger partial charge in [-0.1, -0.05) is 23.8 Å². The predicted octanol–water partition coefficient (Wildman–Crippen LogP) is 3.71. The molecule has 0 saturated heterocycles. The van der Waals surface area contributed by atoms with Gasteiger partial charge in [0.05, 0.1) is 0 Å². The molecule has 86 valence electrons. The number of anilines is 1. The molecule has 0 saturated carbocycles. The van der Waals surface area contributed by atoms with Crippen LogP contribution in [0, 0.1) is 6.92 Å². The highest BCUT2D eigenvalue weighted by atomic mass is 32.1. The summed E-state index contributed by atoms with van der Waals surface area (Å²) in [7, 11) is 0. The highest BCUT2D eigenvalue weighted by molar-refractivity contribution is 7.10. The quantitative estimate of drug-likeness (QED) is 0.818. The maximum Gasteiger partial charge on any atom is 0.248 e. The Morgan fingerprint density at radius 1 is 1.24 bits per heavy atom. The van der Waals surface area contributed by atoms with Crippen LogP contribution < -0.4 is 5.32 Å². The van der Waals surface area contributed by atoms with E-state index in [1.54, 1.807) is 17.4 Å². The highest BCUT2D eigenvalue weighted by Crippen LogP contribution is 2.11. The van der Waals surface area contributed by atoms with E-state index in [0.717, 1.165) is 10.6 Å². The lowest BCUT2D eigenvalue weighted by Gasteiger charge is -2.01. The van der Waals surface area contributed by atoms with Gasteiger partial charge in [0.25, 0.3) is 0 Å². The summed E-state index contributed by atoms with van der Waals surface area (Å²) in [5, 5.41) is 4.79. The normalized spacial score (nSPS) is 10.6. The average Bonchev–Trinajstić information content (AvgIpc) is 2.83. The van der Waals surface area contributed by atoms with Gasteiger partial charge in [-0.3, -0.25) is 4.79 Å². The molecule has 0 spiro atoms. The Labute approximate surface area is 105 Å². The van der Waals surface area contributed by atoms with Gasteiger partial charge in [0.15, 0.2) is 0 Å². The predicted molar refractivity (Wildman–Crippen MR) is 73.2 cm³/mol. The van der Waals surface area contributed by atoms with Gasteiger partial charge >= 0.3 is 0 Å². The molecule has 0 radical (unpaired) electrons. The number of hydrogen-bond acceptors (Lipinski definition) is 2. The van der Waals surface area contributed by atoms with Crippen LogP contribution in [-0.2, 0) is 4.79 Å². The number of carbonyl (C=O) groups excluding carboxylic acids is 1. The van der Waals surface area contributed by atoms with Gasteiger partial charge in [0.1, 0.15) is 0 Å². The SMILES string of the molecule is Cc1ccc(NC(=O)/C=C\c2cccs2)cc1. The molecule has 0 unspecified atom stereocenters. The lowest BCUT2D eigenvalue weighted by molar-refractivity contribution is -0.111. The maximum atomic E-state index is 11.6. The van der Waals surface area contributed by atoms with Gasteiger partial charge in [0.2, 0.25) is 5.91 Å². The lowest BCUT2D eigenvalue weighted by atomic mass is 10.2. The summed E-state index contributed by atoms with van der Waals surface area (Å²) in [6, 6.07) is 11.7. The zero-order valence-corrected chi connectivity index (χ0v) is 10.3. The zero-order chi connectivity index (χ0) is 12.1. The number of hydrogen-bond donors (Lipinski definition) is 1. The molecule has 1 N–H and O–H groups in total. The Hall–Kier alpha value is -1.87. The number of thiophene rings is 1. The first-order chi connectivity index (χ1) is 8.24. The molecule has 1 amide bonds. The molecular formula is C14H13NOS. The van der Waals surface area contributed by atoms with Gasteiger partial charge in [-0.2, -0.15) is 0 Å². The van der Waals surface area contributed by atoms with Crippen LogP contribution in [0.3, 0.4) is 0 Å². The third kappa shape index (κ3) is 3.57. The lowest BCUT2D eigenvalue weighted by Crippen LogP contribution is -2.07. The standard InChI is InChI=1S/C14H13NOS/c1-11-4-6-12(7-5-11)15-14(16)9-8-13-3-2-10-17-13/h2-10H,1H3,(H,15,16)/b9-8-. The largest absolute Gasteiger partial charge is 0.323 e. The van der Waals surface area contributed by atoms with E-state index in [2.05, 4.69) is 5.32 Å². The van der Waals surface area contributed by atoms with Crippen molar-refractivity contribution in [2.75, 3.05) is 5.32 Å². The molecular weight excluding hydrogens is 230 g/mol. The third-order valence-corrected chi connectivity index (χ3v) is 3.10. The minimum Gasteiger partial charge on any atom is -0.323 e. The summed E-state index contributed by atoms with van der Waals surface area (Å²) in [6.07, 6.45) is 3.36. The topological polar surface area (TPSA) is 29.1 Å². The molecule has 0 fully saturated rings. The average molecular weight is 243 g/mol. The van der Waals surface area contributed by atoms with Crippen LogP contribution in [0.5, 0.6) is 0 Å². The van der Waals surface area contributed by atoms with Gasteiger partial charge in [0, 0.05) is 16.6 Å². The Morgan fingerprint density at radius 3 is 2.65 bits per heavy atom. The van der Waals surface area contributed by atoms with Gasteiger partial charge in [-0.05, 0) is 36.6 Å². The van der Waals surface area contributed by atoms with Crippen LogP contribution >= 0.6 is 11.3 Å². The first-order valence-electron chi connectivity index (χ1n) is 5.33. The van der Waals surface area contributed by atoms with E-state index in [1.165, 1.54) is 5.56 Å². The molecule has 0 aliphatic carbocycles. The second kappa shape index (κ2) is 5.46. The molecule has 0 atom stereocenters. The Balaban J connectivity index is 1.95. The fraction of sp³-hybridized carbons (Fsp3) is 0.0714. The van der Waals surface area contributed by atoms with Crippen LogP contribution in [0.2, 0.25) is 0 Å². The minimum atomic E-state index is -0.109. The molecule has 1 heterocycles. The summed E-state index contributed by atoms with van der Waals surface area (Å²) in [5.74, 6) is -0.109. The summed E-state index contributed by atoms with van der Waals surface area (Å²) in [6.45, 7) is 2.02. The molecule has 17 heavy (non-hydrogen) atoms. The Morgan fingerprint density at radius 2 is 2.00 bits per heavy atom. The summed E-state index contributed by atoms with van der Waals surface area (Å²) in [4.78, 5) is 12.7. The summed E-state index contributed by atoms with van der Waals surface area (Å²) >= 11 is 1.61. The van der Waals surface area contributed by atoms with E-state index in [4.69, 9.17) is 0 Å². The van der Waals surface area contributed by atoms with Crippen molar-refractivity contribution in [3.05, 3.63) is 58.3 Å². The van der Waals surface area contributed by atoms with Crippen molar-refractivity contribution in [3.8, 4) is 0 Å². The molecule has 2 rings (SSSR count). The second-order valence-electron chi connectivity index (χ2n) is 3.70. The third-order valence-electron chi connectivity index (χ3n) is 2.26. The fourth-order valence-corrected chi connectivity index (χ4v) is 1.98. The maximum absolute atomic E-state index is 11.6. The molecule has 1 aromatic heterocycles. The van der Waals surface area contributed by atoms with Crippen molar-refractivity contribution in [3.63, 3.8) is 0 Å². The molecule has 0 aliphatic rings. The molecule has 0 bridgehead atoms.